The molecule has 0 bridgehead atoms. The SMILES string of the molecule is CC(C)C[C@@H](NC(=O)C(C)c1ccc(C(=O)C(C)C)cc1)C(=O)O. The van der Waals surface area contributed by atoms with Crippen LogP contribution in [0.25, 0.3) is 0 Å². The smallest absolute Gasteiger partial charge is 0.326 e. The second-order valence-corrected chi connectivity index (χ2v) is 6.89. The Morgan fingerprint density at radius 1 is 1.00 bits per heavy atom. The van der Waals surface area contributed by atoms with E-state index in [0.29, 0.717) is 12.0 Å². The number of carbonyl (C=O) groups is 3. The van der Waals surface area contributed by atoms with Crippen LogP contribution in [0.5, 0.6) is 0 Å². The van der Waals surface area contributed by atoms with Crippen LogP contribution in [0, 0.1) is 11.8 Å². The van der Waals surface area contributed by atoms with E-state index in [0.717, 1.165) is 5.56 Å². The fourth-order valence-electron chi connectivity index (χ4n) is 2.41. The van der Waals surface area contributed by atoms with Gasteiger partial charge in [0.2, 0.25) is 5.91 Å². The summed E-state index contributed by atoms with van der Waals surface area (Å²) in [5.74, 6) is -1.69. The minimum absolute atomic E-state index is 0.0570. The molecular formula is C19H27NO4. The number of nitrogens with one attached hydrogen (secondary N) is 1. The maximum Gasteiger partial charge on any atom is 0.326 e. The number of carboxylic acid groups (broad SMARTS) is 1. The van der Waals surface area contributed by atoms with Crippen molar-refractivity contribution in [3.05, 3.63) is 35.4 Å². The summed E-state index contributed by atoms with van der Waals surface area (Å²) in [4.78, 5) is 35.5. The Hall–Kier alpha value is -2.17. The molecule has 0 fully saturated rings. The zero-order valence-corrected chi connectivity index (χ0v) is 15.0. The number of carboxylic acids is 1. The maximum atomic E-state index is 12.3. The first-order chi connectivity index (χ1) is 11.1. The Morgan fingerprint density at radius 2 is 1.54 bits per heavy atom. The highest BCUT2D eigenvalue weighted by Gasteiger charge is 2.24. The normalized spacial score (nSPS) is 13.6. The molecule has 5 nitrogen and oxygen atoms in total. The first-order valence-electron chi connectivity index (χ1n) is 8.30. The molecule has 0 aliphatic heterocycles. The number of carbonyl (C=O) groups excluding carboxylic acids is 2. The van der Waals surface area contributed by atoms with Gasteiger partial charge in [-0.3, -0.25) is 9.59 Å². The number of hydrogen-bond donors (Lipinski definition) is 2. The van der Waals surface area contributed by atoms with Crippen LogP contribution >= 0.6 is 0 Å². The lowest BCUT2D eigenvalue weighted by atomic mass is 9.95. The summed E-state index contributed by atoms with van der Waals surface area (Å²) in [6, 6.07) is 6.03. The quantitative estimate of drug-likeness (QED) is 0.715. The molecular weight excluding hydrogens is 306 g/mol. The van der Waals surface area contributed by atoms with Crippen LogP contribution in [0.3, 0.4) is 0 Å². The van der Waals surface area contributed by atoms with E-state index in [9.17, 15) is 19.5 Å². The van der Waals surface area contributed by atoms with Crippen LogP contribution < -0.4 is 5.32 Å². The minimum atomic E-state index is -1.03. The molecule has 132 valence electrons. The number of Topliss-reactive ketones (excluding diaryl/α,β-unsaturated/α-hetero) is 1. The predicted molar refractivity (Wildman–Crippen MR) is 93.0 cm³/mol. The van der Waals surface area contributed by atoms with Crippen molar-refractivity contribution in [1.29, 1.82) is 0 Å². The van der Waals surface area contributed by atoms with Crippen molar-refractivity contribution >= 4 is 17.7 Å². The maximum absolute atomic E-state index is 12.3. The van der Waals surface area contributed by atoms with Gasteiger partial charge in [0.25, 0.3) is 0 Å². The Morgan fingerprint density at radius 3 is 1.96 bits per heavy atom. The van der Waals surface area contributed by atoms with Gasteiger partial charge in [-0.05, 0) is 24.8 Å². The summed E-state index contributed by atoms with van der Waals surface area (Å²) in [7, 11) is 0. The third kappa shape index (κ3) is 5.48. The number of rotatable bonds is 8. The van der Waals surface area contributed by atoms with E-state index in [1.807, 2.05) is 27.7 Å². The van der Waals surface area contributed by atoms with E-state index < -0.39 is 17.9 Å². The zero-order chi connectivity index (χ0) is 18.4. The van der Waals surface area contributed by atoms with Crippen molar-refractivity contribution in [1.82, 2.24) is 5.32 Å². The van der Waals surface area contributed by atoms with E-state index in [1.54, 1.807) is 31.2 Å². The number of aliphatic carboxylic acids is 1. The van der Waals surface area contributed by atoms with E-state index in [4.69, 9.17) is 0 Å². The van der Waals surface area contributed by atoms with Gasteiger partial charge in [0.05, 0.1) is 5.92 Å². The molecule has 0 saturated carbocycles. The topological polar surface area (TPSA) is 83.5 Å². The van der Waals surface area contributed by atoms with E-state index in [-0.39, 0.29) is 23.5 Å². The lowest BCUT2D eigenvalue weighted by molar-refractivity contribution is -0.142. The third-order valence-corrected chi connectivity index (χ3v) is 3.93. The first kappa shape index (κ1) is 19.9. The van der Waals surface area contributed by atoms with Crippen molar-refractivity contribution in [2.75, 3.05) is 0 Å². The Kier molecular flexibility index (Phi) is 7.14. The molecule has 2 atom stereocenters. The molecule has 0 radical (unpaired) electrons. The molecule has 24 heavy (non-hydrogen) atoms. The average molecular weight is 333 g/mol. The second kappa shape index (κ2) is 8.62. The molecule has 0 aliphatic carbocycles. The summed E-state index contributed by atoms with van der Waals surface area (Å²) in [6.07, 6.45) is 0.385. The van der Waals surface area contributed by atoms with Gasteiger partial charge in [0.1, 0.15) is 6.04 Å². The molecule has 0 heterocycles. The fraction of sp³-hybridized carbons (Fsp3) is 0.526. The molecule has 2 N–H and O–H groups in total. The van der Waals surface area contributed by atoms with Crippen molar-refractivity contribution in [3.63, 3.8) is 0 Å². The van der Waals surface area contributed by atoms with Gasteiger partial charge in [0.15, 0.2) is 5.78 Å². The molecule has 1 unspecified atom stereocenters. The number of ketones is 1. The Bertz CT molecular complexity index is 590. The lowest BCUT2D eigenvalue weighted by Crippen LogP contribution is -2.43. The standard InChI is InChI=1S/C19H27NO4/c1-11(2)10-16(19(23)24)20-18(22)13(5)14-6-8-15(9-7-14)17(21)12(3)4/h6-9,11-13,16H,10H2,1-5H3,(H,20,22)(H,23,24)/t13?,16-/m1/s1. The summed E-state index contributed by atoms with van der Waals surface area (Å²) in [5, 5.41) is 11.8. The number of hydrogen-bond acceptors (Lipinski definition) is 3. The molecule has 1 amide bonds. The highest BCUT2D eigenvalue weighted by molar-refractivity contribution is 5.97. The van der Waals surface area contributed by atoms with Gasteiger partial charge >= 0.3 is 5.97 Å². The van der Waals surface area contributed by atoms with Crippen molar-refractivity contribution in [3.8, 4) is 0 Å². The molecule has 0 aromatic heterocycles. The van der Waals surface area contributed by atoms with Crippen LogP contribution in [0.15, 0.2) is 24.3 Å². The number of benzene rings is 1. The van der Waals surface area contributed by atoms with Gasteiger partial charge < -0.3 is 10.4 Å². The highest BCUT2D eigenvalue weighted by Crippen LogP contribution is 2.18. The van der Waals surface area contributed by atoms with Gasteiger partial charge in [-0.25, -0.2) is 4.79 Å². The molecule has 1 aromatic carbocycles. The Labute approximate surface area is 143 Å². The van der Waals surface area contributed by atoms with Gasteiger partial charge in [-0.15, -0.1) is 0 Å². The van der Waals surface area contributed by atoms with Crippen molar-refractivity contribution in [2.45, 2.75) is 53.0 Å². The van der Waals surface area contributed by atoms with Gasteiger partial charge in [0, 0.05) is 11.5 Å². The van der Waals surface area contributed by atoms with Crippen LogP contribution in [0.2, 0.25) is 0 Å². The third-order valence-electron chi connectivity index (χ3n) is 3.93. The van der Waals surface area contributed by atoms with Crippen molar-refractivity contribution < 1.29 is 19.5 Å². The molecule has 1 rings (SSSR count). The largest absolute Gasteiger partial charge is 0.480 e. The van der Waals surface area contributed by atoms with Crippen molar-refractivity contribution in [2.24, 2.45) is 11.8 Å². The number of amides is 1. The lowest BCUT2D eigenvalue weighted by Gasteiger charge is -2.19. The first-order valence-corrected chi connectivity index (χ1v) is 8.30. The average Bonchev–Trinajstić information content (AvgIpc) is 2.52. The van der Waals surface area contributed by atoms with Gasteiger partial charge in [-0.1, -0.05) is 52.0 Å². The minimum Gasteiger partial charge on any atom is -0.480 e. The summed E-state index contributed by atoms with van der Waals surface area (Å²) < 4.78 is 0. The fourth-order valence-corrected chi connectivity index (χ4v) is 2.41. The van der Waals surface area contributed by atoms with E-state index in [2.05, 4.69) is 5.32 Å². The van der Waals surface area contributed by atoms with E-state index >= 15 is 0 Å². The zero-order valence-electron chi connectivity index (χ0n) is 15.0. The Balaban J connectivity index is 2.81. The molecule has 0 saturated heterocycles. The van der Waals surface area contributed by atoms with Crippen LogP contribution in [-0.2, 0) is 9.59 Å². The molecule has 5 heteroatoms. The summed E-state index contributed by atoms with van der Waals surface area (Å²) in [6.45, 7) is 9.23. The van der Waals surface area contributed by atoms with Crippen LogP contribution in [0.4, 0.5) is 0 Å². The van der Waals surface area contributed by atoms with Crippen LogP contribution in [0.1, 0.15) is 62.9 Å². The second-order valence-electron chi connectivity index (χ2n) is 6.89. The monoisotopic (exact) mass is 333 g/mol. The molecule has 1 aromatic rings. The van der Waals surface area contributed by atoms with Gasteiger partial charge in [-0.2, -0.15) is 0 Å². The highest BCUT2D eigenvalue weighted by atomic mass is 16.4. The van der Waals surface area contributed by atoms with E-state index in [1.165, 1.54) is 0 Å². The molecule has 0 spiro atoms. The van der Waals surface area contributed by atoms with Crippen LogP contribution in [-0.4, -0.2) is 28.8 Å². The molecule has 0 aliphatic rings. The predicted octanol–water partition coefficient (Wildman–Crippen LogP) is 3.24. The summed E-state index contributed by atoms with van der Waals surface area (Å²) in [5.41, 5.74) is 1.37. The summed E-state index contributed by atoms with van der Waals surface area (Å²) >= 11 is 0.